The zero-order valence-corrected chi connectivity index (χ0v) is 14.8. The molecule has 6 heteroatoms. The third-order valence-electron chi connectivity index (χ3n) is 3.60. The first-order chi connectivity index (χ1) is 10.2. The van der Waals surface area contributed by atoms with Gasteiger partial charge in [0.25, 0.3) is 0 Å². The minimum absolute atomic E-state index is 0.539. The van der Waals surface area contributed by atoms with Gasteiger partial charge in [-0.3, -0.25) is 0 Å². The topological polar surface area (TPSA) is 41.6 Å². The molecule has 0 saturated heterocycles. The molecule has 0 aliphatic heterocycles. The van der Waals surface area contributed by atoms with Crippen LogP contribution >= 0.6 is 43.2 Å². The van der Waals surface area contributed by atoms with Crippen LogP contribution < -0.4 is 0 Å². The van der Waals surface area contributed by atoms with Crippen LogP contribution in [0.3, 0.4) is 0 Å². The zero-order valence-electron chi connectivity index (χ0n) is 10.8. The van der Waals surface area contributed by atoms with Gasteiger partial charge in [-0.15, -0.1) is 11.3 Å². The number of nitrogens with zero attached hydrogens (tertiary/aromatic N) is 3. The summed E-state index contributed by atoms with van der Waals surface area (Å²) in [7, 11) is 0. The molecule has 21 heavy (non-hydrogen) atoms. The van der Waals surface area contributed by atoms with Crippen molar-refractivity contribution in [2.24, 2.45) is 0 Å². The summed E-state index contributed by atoms with van der Waals surface area (Å²) < 4.78 is 4.44. The second-order valence-electron chi connectivity index (χ2n) is 5.08. The smallest absolute Gasteiger partial charge is 0.151 e. The number of halogens is 2. The Hall–Kier alpha value is -1.16. The van der Waals surface area contributed by atoms with E-state index in [9.17, 15) is 0 Å². The van der Waals surface area contributed by atoms with Gasteiger partial charge in [-0.05, 0) is 69.0 Å². The van der Waals surface area contributed by atoms with E-state index >= 15 is 0 Å². The fourth-order valence-corrected chi connectivity index (χ4v) is 4.52. The van der Waals surface area contributed by atoms with Crippen LogP contribution in [0.25, 0.3) is 21.7 Å². The van der Waals surface area contributed by atoms with Crippen molar-refractivity contribution in [3.05, 3.63) is 38.1 Å². The maximum atomic E-state index is 9.06. The highest BCUT2D eigenvalue weighted by Crippen LogP contribution is 2.44. The predicted molar refractivity (Wildman–Crippen MR) is 91.4 cm³/mol. The van der Waals surface area contributed by atoms with Crippen LogP contribution in [0.2, 0.25) is 0 Å². The zero-order chi connectivity index (χ0) is 14.6. The minimum atomic E-state index is 0.539. The van der Waals surface area contributed by atoms with Crippen molar-refractivity contribution >= 4 is 54.2 Å². The molecule has 1 saturated carbocycles. The summed E-state index contributed by atoms with van der Waals surface area (Å²) in [6.45, 7) is 0. The molecule has 2 heterocycles. The van der Waals surface area contributed by atoms with Gasteiger partial charge in [-0.2, -0.15) is 5.26 Å². The van der Waals surface area contributed by atoms with Gasteiger partial charge < -0.3 is 4.57 Å². The number of benzene rings is 1. The van der Waals surface area contributed by atoms with Gasteiger partial charge in [0, 0.05) is 10.5 Å². The Labute approximate surface area is 142 Å². The number of thiophene rings is 1. The van der Waals surface area contributed by atoms with Crippen molar-refractivity contribution < 1.29 is 0 Å². The van der Waals surface area contributed by atoms with Gasteiger partial charge in [0.15, 0.2) is 5.82 Å². The molecule has 1 aromatic carbocycles. The number of hydrogen-bond donors (Lipinski definition) is 0. The van der Waals surface area contributed by atoms with Crippen LogP contribution in [0.1, 0.15) is 24.4 Å². The van der Waals surface area contributed by atoms with E-state index in [2.05, 4.69) is 48.6 Å². The van der Waals surface area contributed by atoms with Crippen LogP contribution in [-0.2, 0) is 0 Å². The van der Waals surface area contributed by atoms with E-state index in [1.54, 1.807) is 11.3 Å². The van der Waals surface area contributed by atoms with Crippen molar-refractivity contribution in [3.63, 3.8) is 0 Å². The molecule has 0 spiro atoms. The average molecular weight is 423 g/mol. The second-order valence-corrected chi connectivity index (χ2v) is 8.31. The van der Waals surface area contributed by atoms with E-state index in [-0.39, 0.29) is 0 Å². The van der Waals surface area contributed by atoms with Gasteiger partial charge in [-0.1, -0.05) is 0 Å². The van der Waals surface area contributed by atoms with Crippen molar-refractivity contribution in [2.75, 3.05) is 0 Å². The average Bonchev–Trinajstić information content (AvgIpc) is 3.17. The molecule has 1 fully saturated rings. The molecule has 4 rings (SSSR count). The van der Waals surface area contributed by atoms with Gasteiger partial charge in [0.05, 0.1) is 31.3 Å². The normalized spacial score (nSPS) is 14.5. The van der Waals surface area contributed by atoms with E-state index in [0.717, 1.165) is 30.0 Å². The lowest BCUT2D eigenvalue weighted by atomic mass is 10.2. The van der Waals surface area contributed by atoms with Gasteiger partial charge >= 0.3 is 0 Å². The molecule has 104 valence electrons. The Kier molecular flexibility index (Phi) is 3.18. The maximum absolute atomic E-state index is 9.06. The largest absolute Gasteiger partial charge is 0.320 e. The third kappa shape index (κ3) is 2.24. The lowest BCUT2D eigenvalue weighted by Gasteiger charge is -2.05. The number of aromatic nitrogens is 2. The summed E-state index contributed by atoms with van der Waals surface area (Å²) in [5.74, 6) is 0.999. The van der Waals surface area contributed by atoms with Gasteiger partial charge in [-0.25, -0.2) is 4.98 Å². The van der Waals surface area contributed by atoms with Crippen molar-refractivity contribution in [3.8, 4) is 16.8 Å². The van der Waals surface area contributed by atoms with Gasteiger partial charge in [0.1, 0.15) is 0 Å². The second kappa shape index (κ2) is 4.94. The lowest BCUT2D eigenvalue weighted by Crippen LogP contribution is -1.95. The Balaban J connectivity index is 1.99. The van der Waals surface area contributed by atoms with Crippen LogP contribution in [0.15, 0.2) is 32.5 Å². The Bertz CT molecular complexity index is 880. The Morgan fingerprint density at radius 2 is 2.10 bits per heavy atom. The summed E-state index contributed by atoms with van der Waals surface area (Å²) in [5.41, 5.74) is 2.67. The van der Waals surface area contributed by atoms with Crippen LogP contribution in [0.4, 0.5) is 0 Å². The molecular weight excluding hydrogens is 414 g/mol. The van der Waals surface area contributed by atoms with Crippen LogP contribution in [0.5, 0.6) is 0 Å². The number of hydrogen-bond acceptors (Lipinski definition) is 3. The standard InChI is InChI=1S/C15H9Br2N3S/c16-10-6-13(21-14(10)17)15-19-11-5-8(7-18)1-4-12(11)20(15)9-2-3-9/h1,4-6,9H,2-3H2. The van der Waals surface area contributed by atoms with Crippen molar-refractivity contribution in [2.45, 2.75) is 18.9 Å². The first kappa shape index (κ1) is 13.5. The van der Waals surface area contributed by atoms with Crippen LogP contribution in [0, 0.1) is 11.3 Å². The minimum Gasteiger partial charge on any atom is -0.320 e. The number of nitriles is 1. The highest BCUT2D eigenvalue weighted by Gasteiger charge is 2.29. The molecule has 0 N–H and O–H groups in total. The number of imidazole rings is 1. The molecule has 0 radical (unpaired) electrons. The maximum Gasteiger partial charge on any atom is 0.151 e. The monoisotopic (exact) mass is 421 g/mol. The molecule has 0 amide bonds. The number of rotatable bonds is 2. The van der Waals surface area contributed by atoms with Gasteiger partial charge in [0.2, 0.25) is 0 Å². The molecule has 3 nitrogen and oxygen atoms in total. The molecule has 0 bridgehead atoms. The summed E-state index contributed by atoms with van der Waals surface area (Å²) in [5, 5.41) is 9.06. The Morgan fingerprint density at radius 1 is 1.29 bits per heavy atom. The van der Waals surface area contributed by atoms with E-state index < -0.39 is 0 Å². The highest BCUT2D eigenvalue weighted by molar-refractivity contribution is 9.13. The van der Waals surface area contributed by atoms with E-state index in [0.29, 0.717) is 11.6 Å². The summed E-state index contributed by atoms with van der Waals surface area (Å²) in [4.78, 5) is 5.92. The van der Waals surface area contributed by atoms with Crippen molar-refractivity contribution in [1.29, 1.82) is 5.26 Å². The molecule has 1 aliphatic rings. The van der Waals surface area contributed by atoms with Crippen LogP contribution in [-0.4, -0.2) is 9.55 Å². The molecule has 0 unspecified atom stereocenters. The molecular formula is C15H9Br2N3S. The van der Waals surface area contributed by atoms with E-state index in [4.69, 9.17) is 10.2 Å². The summed E-state index contributed by atoms with van der Waals surface area (Å²) in [6.07, 6.45) is 2.40. The summed E-state index contributed by atoms with van der Waals surface area (Å²) >= 11 is 8.76. The fourth-order valence-electron chi connectivity index (χ4n) is 2.50. The fraction of sp³-hybridized carbons (Fsp3) is 0.200. The van der Waals surface area contributed by atoms with Crippen molar-refractivity contribution in [1.82, 2.24) is 9.55 Å². The van der Waals surface area contributed by atoms with E-state index in [1.807, 2.05) is 18.2 Å². The Morgan fingerprint density at radius 3 is 2.71 bits per heavy atom. The third-order valence-corrected chi connectivity index (χ3v) is 6.85. The SMILES string of the molecule is N#Cc1ccc2c(c1)nc(-c1cc(Br)c(Br)s1)n2C1CC1. The molecule has 2 aromatic heterocycles. The predicted octanol–water partition coefficient (Wildman–Crippen LogP) is 5.50. The highest BCUT2D eigenvalue weighted by atomic mass is 79.9. The first-order valence-electron chi connectivity index (χ1n) is 6.54. The quantitative estimate of drug-likeness (QED) is 0.547. The van der Waals surface area contributed by atoms with E-state index in [1.165, 1.54) is 12.8 Å². The molecule has 1 aliphatic carbocycles. The lowest BCUT2D eigenvalue weighted by molar-refractivity contribution is 0.777. The molecule has 3 aromatic rings. The first-order valence-corrected chi connectivity index (χ1v) is 8.95. The number of fused-ring (bicyclic) bond motifs is 1. The summed E-state index contributed by atoms with van der Waals surface area (Å²) in [6, 6.07) is 10.6. The molecule has 0 atom stereocenters.